The summed E-state index contributed by atoms with van der Waals surface area (Å²) in [4.78, 5) is 22.8. The van der Waals surface area contributed by atoms with E-state index in [9.17, 15) is 14.3 Å². The standard InChI is InChI=1S/C20H22ClFN4O2/c21-16-8-15(22)2-1-12(16)7-20(28)26-10-13-5-17(18(27)6-14(13)11-26)25-19-9-23-3-4-24-19/h1-4,8-9,13-14,17-18,27H,5-7,10-11H2,(H,24,25)/t13-,14+,17-,18-/m1/s1. The molecule has 1 saturated carbocycles. The molecular formula is C20H22ClFN4O2. The van der Waals surface area contributed by atoms with Crippen molar-refractivity contribution < 1.29 is 14.3 Å². The van der Waals surface area contributed by atoms with Crippen molar-refractivity contribution in [3.8, 4) is 0 Å². The zero-order chi connectivity index (χ0) is 19.7. The fourth-order valence-corrected chi connectivity index (χ4v) is 4.53. The van der Waals surface area contributed by atoms with E-state index >= 15 is 0 Å². The molecule has 1 saturated heterocycles. The number of carbonyl (C=O) groups is 1. The first-order valence-electron chi connectivity index (χ1n) is 9.42. The summed E-state index contributed by atoms with van der Waals surface area (Å²) in [6.45, 7) is 1.30. The van der Waals surface area contributed by atoms with E-state index in [0.29, 0.717) is 36.8 Å². The molecule has 4 atom stereocenters. The van der Waals surface area contributed by atoms with Gasteiger partial charge in [0.25, 0.3) is 0 Å². The molecule has 1 aromatic heterocycles. The van der Waals surface area contributed by atoms with E-state index in [4.69, 9.17) is 11.6 Å². The van der Waals surface area contributed by atoms with Gasteiger partial charge in [0.1, 0.15) is 11.6 Å². The molecule has 4 rings (SSSR count). The SMILES string of the molecule is O=C(Cc1ccc(F)cc1Cl)N1C[C@H]2C[C@@H](Nc3cnccn3)[C@H](O)C[C@H]2C1. The summed E-state index contributed by atoms with van der Waals surface area (Å²) >= 11 is 6.05. The van der Waals surface area contributed by atoms with Crippen LogP contribution in [0.2, 0.25) is 5.02 Å². The third kappa shape index (κ3) is 4.10. The van der Waals surface area contributed by atoms with Crippen LogP contribution in [0, 0.1) is 17.7 Å². The van der Waals surface area contributed by atoms with Crippen LogP contribution in [0.3, 0.4) is 0 Å². The molecule has 0 spiro atoms. The largest absolute Gasteiger partial charge is 0.391 e. The molecule has 1 aromatic carbocycles. The Morgan fingerprint density at radius 3 is 2.79 bits per heavy atom. The first-order chi connectivity index (χ1) is 13.5. The number of benzene rings is 1. The number of likely N-dealkylation sites (tertiary alicyclic amines) is 1. The summed E-state index contributed by atoms with van der Waals surface area (Å²) < 4.78 is 13.2. The summed E-state index contributed by atoms with van der Waals surface area (Å²) in [7, 11) is 0. The van der Waals surface area contributed by atoms with E-state index in [1.807, 2.05) is 4.90 Å². The maximum absolute atomic E-state index is 13.2. The number of halogens is 2. The maximum Gasteiger partial charge on any atom is 0.227 e. The second-order valence-electron chi connectivity index (χ2n) is 7.61. The molecule has 2 N–H and O–H groups in total. The number of hydrogen-bond acceptors (Lipinski definition) is 5. The van der Waals surface area contributed by atoms with Gasteiger partial charge in [-0.2, -0.15) is 0 Å². The molecule has 2 aliphatic rings. The Hall–Kier alpha value is -2.25. The first-order valence-corrected chi connectivity index (χ1v) is 9.79. The van der Waals surface area contributed by atoms with Crippen LogP contribution < -0.4 is 5.32 Å². The number of nitrogens with zero attached hydrogens (tertiary/aromatic N) is 3. The Balaban J connectivity index is 1.38. The number of aromatic nitrogens is 2. The molecule has 148 valence electrons. The van der Waals surface area contributed by atoms with Crippen molar-refractivity contribution in [2.75, 3.05) is 18.4 Å². The minimum Gasteiger partial charge on any atom is -0.391 e. The average molecular weight is 405 g/mol. The second kappa shape index (κ2) is 8.01. The summed E-state index contributed by atoms with van der Waals surface area (Å²) in [5.41, 5.74) is 0.630. The topological polar surface area (TPSA) is 78.4 Å². The molecule has 8 heteroatoms. The van der Waals surface area contributed by atoms with Crippen molar-refractivity contribution in [1.29, 1.82) is 0 Å². The van der Waals surface area contributed by atoms with E-state index in [2.05, 4.69) is 15.3 Å². The van der Waals surface area contributed by atoms with Crippen LogP contribution in [-0.2, 0) is 11.2 Å². The number of fused-ring (bicyclic) bond motifs is 1. The second-order valence-corrected chi connectivity index (χ2v) is 8.02. The Bertz CT molecular complexity index is 853. The predicted molar refractivity (Wildman–Crippen MR) is 103 cm³/mol. The van der Waals surface area contributed by atoms with Gasteiger partial charge < -0.3 is 15.3 Å². The highest BCUT2D eigenvalue weighted by Gasteiger charge is 2.43. The molecule has 6 nitrogen and oxygen atoms in total. The van der Waals surface area contributed by atoms with Crippen LogP contribution in [0.5, 0.6) is 0 Å². The van der Waals surface area contributed by atoms with E-state index in [0.717, 1.165) is 6.42 Å². The van der Waals surface area contributed by atoms with Crippen LogP contribution >= 0.6 is 11.6 Å². The quantitative estimate of drug-likeness (QED) is 0.818. The molecule has 0 radical (unpaired) electrons. The highest BCUT2D eigenvalue weighted by atomic mass is 35.5. The smallest absolute Gasteiger partial charge is 0.227 e. The van der Waals surface area contributed by atoms with Gasteiger partial charge in [0.05, 0.1) is 24.8 Å². The number of aliphatic hydroxyl groups is 1. The van der Waals surface area contributed by atoms with Crippen LogP contribution in [-0.4, -0.2) is 51.1 Å². The van der Waals surface area contributed by atoms with Gasteiger partial charge in [0.15, 0.2) is 0 Å². The number of amides is 1. The minimum atomic E-state index is -0.496. The molecule has 1 aliphatic heterocycles. The van der Waals surface area contributed by atoms with Gasteiger partial charge in [-0.05, 0) is 42.4 Å². The van der Waals surface area contributed by atoms with Crippen molar-refractivity contribution in [1.82, 2.24) is 14.9 Å². The fraction of sp³-hybridized carbons (Fsp3) is 0.450. The first kappa shape index (κ1) is 19.1. The normalized spacial score (nSPS) is 26.8. The summed E-state index contributed by atoms with van der Waals surface area (Å²) in [5, 5.41) is 14.1. The van der Waals surface area contributed by atoms with E-state index in [-0.39, 0.29) is 29.3 Å². The van der Waals surface area contributed by atoms with Gasteiger partial charge >= 0.3 is 0 Å². The van der Waals surface area contributed by atoms with Crippen molar-refractivity contribution >= 4 is 23.3 Å². The lowest BCUT2D eigenvalue weighted by Gasteiger charge is -2.35. The van der Waals surface area contributed by atoms with E-state index < -0.39 is 11.9 Å². The highest BCUT2D eigenvalue weighted by molar-refractivity contribution is 6.31. The zero-order valence-electron chi connectivity index (χ0n) is 15.3. The fourth-order valence-electron chi connectivity index (χ4n) is 4.29. The Kier molecular flexibility index (Phi) is 5.46. The molecule has 2 fully saturated rings. The zero-order valence-corrected chi connectivity index (χ0v) is 16.0. The van der Waals surface area contributed by atoms with Crippen LogP contribution in [0.25, 0.3) is 0 Å². The molecule has 1 aliphatic carbocycles. The molecule has 2 aromatic rings. The Morgan fingerprint density at radius 1 is 1.29 bits per heavy atom. The van der Waals surface area contributed by atoms with Crippen LogP contribution in [0.4, 0.5) is 10.2 Å². The minimum absolute atomic E-state index is 0.0177. The molecular weight excluding hydrogens is 383 g/mol. The van der Waals surface area contributed by atoms with Crippen molar-refractivity contribution in [2.24, 2.45) is 11.8 Å². The molecule has 1 amide bonds. The van der Waals surface area contributed by atoms with Crippen LogP contribution in [0.15, 0.2) is 36.8 Å². The van der Waals surface area contributed by atoms with Gasteiger partial charge in [0, 0.05) is 30.5 Å². The third-order valence-corrected chi connectivity index (χ3v) is 6.10. The van der Waals surface area contributed by atoms with E-state index in [1.54, 1.807) is 24.7 Å². The number of aliphatic hydroxyl groups excluding tert-OH is 1. The number of carbonyl (C=O) groups excluding carboxylic acids is 1. The number of anilines is 1. The molecule has 2 heterocycles. The number of nitrogens with one attached hydrogen (secondary N) is 1. The average Bonchev–Trinajstić information content (AvgIpc) is 3.08. The number of hydrogen-bond donors (Lipinski definition) is 2. The number of rotatable bonds is 4. The Morgan fingerprint density at radius 2 is 2.07 bits per heavy atom. The van der Waals surface area contributed by atoms with Gasteiger partial charge in [-0.25, -0.2) is 9.37 Å². The summed E-state index contributed by atoms with van der Waals surface area (Å²) in [6, 6.07) is 3.99. The molecule has 0 unspecified atom stereocenters. The van der Waals surface area contributed by atoms with Gasteiger partial charge in [-0.3, -0.25) is 9.78 Å². The third-order valence-electron chi connectivity index (χ3n) is 5.75. The van der Waals surface area contributed by atoms with Gasteiger partial charge in [0.2, 0.25) is 5.91 Å². The van der Waals surface area contributed by atoms with Crippen molar-refractivity contribution in [3.63, 3.8) is 0 Å². The monoisotopic (exact) mass is 404 g/mol. The lowest BCUT2D eigenvalue weighted by atomic mass is 9.77. The molecule has 0 bridgehead atoms. The predicted octanol–water partition coefficient (Wildman–Crippen LogP) is 2.52. The highest BCUT2D eigenvalue weighted by Crippen LogP contribution is 2.37. The van der Waals surface area contributed by atoms with Crippen LogP contribution in [0.1, 0.15) is 18.4 Å². The lowest BCUT2D eigenvalue weighted by Crippen LogP contribution is -2.43. The van der Waals surface area contributed by atoms with Gasteiger partial charge in [-0.1, -0.05) is 17.7 Å². The van der Waals surface area contributed by atoms with Crippen molar-refractivity contribution in [2.45, 2.75) is 31.4 Å². The van der Waals surface area contributed by atoms with Gasteiger partial charge in [-0.15, -0.1) is 0 Å². The van der Waals surface area contributed by atoms with E-state index in [1.165, 1.54) is 12.1 Å². The summed E-state index contributed by atoms with van der Waals surface area (Å²) in [5.74, 6) is 0.814. The Labute approximate surface area is 167 Å². The lowest BCUT2D eigenvalue weighted by molar-refractivity contribution is -0.129. The molecule has 28 heavy (non-hydrogen) atoms. The summed E-state index contributed by atoms with van der Waals surface area (Å²) in [6.07, 6.45) is 5.92. The van der Waals surface area contributed by atoms with Crippen molar-refractivity contribution in [3.05, 3.63) is 53.2 Å². The maximum atomic E-state index is 13.2.